The van der Waals surface area contributed by atoms with Crippen molar-refractivity contribution in [1.29, 1.82) is 0 Å². The number of rotatable bonds is 6. The van der Waals surface area contributed by atoms with Crippen LogP contribution in [0.2, 0.25) is 0 Å². The summed E-state index contributed by atoms with van der Waals surface area (Å²) in [6.07, 6.45) is -9.09. The van der Waals surface area contributed by atoms with Crippen LogP contribution in [0.25, 0.3) is 0 Å². The van der Waals surface area contributed by atoms with Gasteiger partial charge < -0.3 is 18.8 Å². The van der Waals surface area contributed by atoms with Crippen molar-refractivity contribution in [3.8, 4) is 23.0 Å². The first-order valence-corrected chi connectivity index (χ1v) is 7.32. The van der Waals surface area contributed by atoms with Gasteiger partial charge in [-0.2, -0.15) is 26.3 Å². The number of ether oxygens (including phenoxy) is 2. The van der Waals surface area contributed by atoms with Gasteiger partial charge in [0.25, 0.3) is 0 Å². The molecule has 0 radical (unpaired) electrons. The van der Waals surface area contributed by atoms with Crippen molar-refractivity contribution < 1.29 is 45.1 Å². The lowest BCUT2D eigenvalue weighted by atomic mass is 10.1. The number of benzene rings is 2. The van der Waals surface area contributed by atoms with Gasteiger partial charge in [0.15, 0.2) is 11.5 Å². The van der Waals surface area contributed by atoms with Crippen LogP contribution in [-0.4, -0.2) is 21.9 Å². The van der Waals surface area contributed by atoms with E-state index in [4.69, 9.17) is 18.8 Å². The normalized spacial score (nSPS) is 11.7. The van der Waals surface area contributed by atoms with Crippen LogP contribution in [-0.2, 0) is 12.4 Å². The number of alkyl halides is 6. The highest BCUT2D eigenvalue weighted by molar-refractivity contribution is 6.21. The van der Waals surface area contributed by atoms with Gasteiger partial charge in [-0.15, -0.1) is 0 Å². The molecule has 4 nitrogen and oxygen atoms in total. The third-order valence-corrected chi connectivity index (χ3v) is 3.41. The standard InChI is InChI=1S/C16H13BF6O4/c1-24-13-7-9(15(18,19)20)3-5-11(13)26-17-27-12-6-4-10(16(21,22)23)8-14(12)25-2/h3-8,17H,1-2H3. The number of methoxy groups -OCH3 is 2. The molecule has 2 aromatic rings. The quantitative estimate of drug-likeness (QED) is 0.536. The Morgan fingerprint density at radius 3 is 1.30 bits per heavy atom. The van der Waals surface area contributed by atoms with Gasteiger partial charge in [0.05, 0.1) is 25.3 Å². The summed E-state index contributed by atoms with van der Waals surface area (Å²) in [4.78, 5) is 0. The molecule has 2 aromatic carbocycles. The van der Waals surface area contributed by atoms with Gasteiger partial charge in [0.1, 0.15) is 11.5 Å². The van der Waals surface area contributed by atoms with Gasteiger partial charge in [-0.25, -0.2) is 0 Å². The number of hydrogen-bond acceptors (Lipinski definition) is 4. The highest BCUT2D eigenvalue weighted by atomic mass is 19.4. The van der Waals surface area contributed by atoms with E-state index >= 15 is 0 Å². The van der Waals surface area contributed by atoms with Gasteiger partial charge in [0.2, 0.25) is 0 Å². The van der Waals surface area contributed by atoms with Crippen LogP contribution >= 0.6 is 0 Å². The number of halogens is 6. The van der Waals surface area contributed by atoms with Crippen LogP contribution < -0.4 is 18.8 Å². The molecule has 11 heteroatoms. The molecule has 0 bridgehead atoms. The Balaban J connectivity index is 2.10. The van der Waals surface area contributed by atoms with Crippen LogP contribution in [0.4, 0.5) is 26.3 Å². The third kappa shape index (κ3) is 5.14. The molecule has 0 fully saturated rings. The van der Waals surface area contributed by atoms with Gasteiger partial charge in [-0.05, 0) is 36.4 Å². The Bertz CT molecular complexity index is 726. The Morgan fingerprint density at radius 2 is 1.00 bits per heavy atom. The first-order chi connectivity index (χ1) is 12.6. The van der Waals surface area contributed by atoms with E-state index in [-0.39, 0.29) is 23.0 Å². The van der Waals surface area contributed by atoms with E-state index in [0.717, 1.165) is 36.4 Å². The monoisotopic (exact) mass is 394 g/mol. The van der Waals surface area contributed by atoms with E-state index < -0.39 is 31.2 Å². The Morgan fingerprint density at radius 1 is 0.630 bits per heavy atom. The third-order valence-electron chi connectivity index (χ3n) is 3.41. The fourth-order valence-corrected chi connectivity index (χ4v) is 2.08. The second-order valence-corrected chi connectivity index (χ2v) is 5.13. The highest BCUT2D eigenvalue weighted by Crippen LogP contribution is 2.37. The van der Waals surface area contributed by atoms with Gasteiger partial charge in [-0.3, -0.25) is 0 Å². The van der Waals surface area contributed by atoms with Crippen LogP contribution in [0.15, 0.2) is 36.4 Å². The minimum absolute atomic E-state index is 0.0311. The summed E-state index contributed by atoms with van der Waals surface area (Å²) in [6, 6.07) is 5.22. The van der Waals surface area contributed by atoms with Crippen LogP contribution in [0.5, 0.6) is 23.0 Å². The molecule has 0 unspecified atom stereocenters. The minimum Gasteiger partial charge on any atom is -0.526 e. The zero-order valence-corrected chi connectivity index (χ0v) is 14.1. The van der Waals surface area contributed by atoms with E-state index in [1.165, 1.54) is 14.2 Å². The van der Waals surface area contributed by atoms with Crippen molar-refractivity contribution >= 4 is 7.69 Å². The van der Waals surface area contributed by atoms with E-state index in [2.05, 4.69) is 0 Å². The Kier molecular flexibility index (Phi) is 6.02. The highest BCUT2D eigenvalue weighted by Gasteiger charge is 2.32. The lowest BCUT2D eigenvalue weighted by molar-refractivity contribution is -0.138. The lowest BCUT2D eigenvalue weighted by Crippen LogP contribution is -2.13. The first kappa shape index (κ1) is 20.6. The molecule has 0 spiro atoms. The average Bonchev–Trinajstić information content (AvgIpc) is 2.60. The summed E-state index contributed by atoms with van der Waals surface area (Å²) in [5.41, 5.74) is -1.84. The van der Waals surface area contributed by atoms with Crippen molar-refractivity contribution in [2.45, 2.75) is 12.4 Å². The summed E-state index contributed by atoms with van der Waals surface area (Å²) in [5, 5.41) is 0. The van der Waals surface area contributed by atoms with E-state index in [9.17, 15) is 26.3 Å². The van der Waals surface area contributed by atoms with Gasteiger partial charge >= 0.3 is 20.0 Å². The maximum atomic E-state index is 12.7. The second-order valence-electron chi connectivity index (χ2n) is 5.13. The molecular formula is C16H13BF6O4. The summed E-state index contributed by atoms with van der Waals surface area (Å²) in [5.74, 6) is -0.409. The molecule has 0 N–H and O–H groups in total. The molecule has 0 saturated heterocycles. The van der Waals surface area contributed by atoms with Crippen molar-refractivity contribution in [3.63, 3.8) is 0 Å². The fraction of sp³-hybridized carbons (Fsp3) is 0.250. The maximum absolute atomic E-state index is 12.7. The van der Waals surface area contributed by atoms with Gasteiger partial charge in [0, 0.05) is 0 Å². The van der Waals surface area contributed by atoms with Crippen LogP contribution in [0.3, 0.4) is 0 Å². The zero-order chi connectivity index (χ0) is 20.2. The molecule has 0 aromatic heterocycles. The summed E-state index contributed by atoms with van der Waals surface area (Å²) in [6.45, 7) is 0. The van der Waals surface area contributed by atoms with Crippen LogP contribution in [0.1, 0.15) is 11.1 Å². The summed E-state index contributed by atoms with van der Waals surface area (Å²) >= 11 is 0. The van der Waals surface area contributed by atoms with Crippen molar-refractivity contribution in [1.82, 2.24) is 0 Å². The van der Waals surface area contributed by atoms with E-state index in [1.54, 1.807) is 0 Å². The second kappa shape index (κ2) is 7.89. The molecule has 0 aliphatic carbocycles. The molecule has 27 heavy (non-hydrogen) atoms. The fourth-order valence-electron chi connectivity index (χ4n) is 2.08. The Labute approximate surface area is 150 Å². The minimum atomic E-state index is -4.55. The molecule has 0 amide bonds. The molecule has 0 saturated carbocycles. The largest absolute Gasteiger partial charge is 0.576 e. The molecule has 146 valence electrons. The maximum Gasteiger partial charge on any atom is 0.576 e. The topological polar surface area (TPSA) is 36.9 Å². The van der Waals surface area contributed by atoms with Crippen LogP contribution in [0, 0.1) is 0 Å². The van der Waals surface area contributed by atoms with Crippen molar-refractivity contribution in [2.24, 2.45) is 0 Å². The molecule has 0 heterocycles. The van der Waals surface area contributed by atoms with Gasteiger partial charge in [-0.1, -0.05) is 0 Å². The number of hydrogen-bond donors (Lipinski definition) is 0. The van der Waals surface area contributed by atoms with E-state index in [1.807, 2.05) is 0 Å². The lowest BCUT2D eigenvalue weighted by Gasteiger charge is -2.15. The predicted molar refractivity (Wildman–Crippen MR) is 84.4 cm³/mol. The summed E-state index contributed by atoms with van der Waals surface area (Å²) in [7, 11) is 1.84. The SMILES string of the molecule is COc1cc(C(F)(F)F)ccc1OBOc1ccc(C(F)(F)F)cc1OC. The molecule has 0 aliphatic heterocycles. The first-order valence-electron chi connectivity index (χ1n) is 7.32. The molecule has 0 atom stereocenters. The average molecular weight is 394 g/mol. The molecule has 2 rings (SSSR count). The smallest absolute Gasteiger partial charge is 0.526 e. The van der Waals surface area contributed by atoms with E-state index in [0.29, 0.717) is 0 Å². The summed E-state index contributed by atoms with van der Waals surface area (Å²) < 4.78 is 96.3. The predicted octanol–water partition coefficient (Wildman–Crippen LogP) is 4.47. The van der Waals surface area contributed by atoms with Crippen molar-refractivity contribution in [2.75, 3.05) is 14.2 Å². The molecular weight excluding hydrogens is 381 g/mol. The molecule has 0 aliphatic rings. The zero-order valence-electron chi connectivity index (χ0n) is 14.1. The Hall–Kier alpha value is -2.72. The van der Waals surface area contributed by atoms with Crippen molar-refractivity contribution in [3.05, 3.63) is 47.5 Å².